The fraction of sp³-hybridized carbons (Fsp3) is 0.435. The first-order valence-corrected chi connectivity index (χ1v) is 10.9. The molecule has 178 valence electrons. The first-order valence-electron chi connectivity index (χ1n) is 10.5. The molecule has 0 aliphatic carbocycles. The van der Waals surface area contributed by atoms with Gasteiger partial charge in [0.1, 0.15) is 5.82 Å². The average molecular weight is 484 g/mol. The molecule has 1 aliphatic heterocycles. The van der Waals surface area contributed by atoms with Gasteiger partial charge in [-0.15, -0.1) is 0 Å². The van der Waals surface area contributed by atoms with Gasteiger partial charge in [-0.1, -0.05) is 41.4 Å². The monoisotopic (exact) mass is 483 g/mol. The molecule has 33 heavy (non-hydrogen) atoms. The minimum Gasteiger partial charge on any atom is -0.469 e. The summed E-state index contributed by atoms with van der Waals surface area (Å²) in [7, 11) is 1.30. The lowest BCUT2D eigenvalue weighted by molar-refractivity contribution is -0.141. The van der Waals surface area contributed by atoms with Crippen LogP contribution in [0, 0.1) is 12.8 Å². The van der Waals surface area contributed by atoms with E-state index in [1.807, 2.05) is 31.2 Å². The van der Waals surface area contributed by atoms with Crippen LogP contribution in [0.3, 0.4) is 0 Å². The molecule has 1 saturated heterocycles. The van der Waals surface area contributed by atoms with Crippen LogP contribution in [-0.4, -0.2) is 37.1 Å². The molecule has 3 rings (SSSR count). The Labute approximate surface area is 195 Å². The second kappa shape index (κ2) is 10.4. The molecule has 1 amide bonds. The first-order chi connectivity index (χ1) is 15.6. The van der Waals surface area contributed by atoms with Crippen molar-refractivity contribution in [1.29, 1.82) is 0 Å². The molecule has 2 heterocycles. The third-order valence-electron chi connectivity index (χ3n) is 5.71. The van der Waals surface area contributed by atoms with Gasteiger partial charge in [0.25, 0.3) is 0 Å². The number of hydrogen-bond donors (Lipinski definition) is 1. The molecule has 0 saturated carbocycles. The van der Waals surface area contributed by atoms with E-state index in [9.17, 15) is 22.8 Å². The van der Waals surface area contributed by atoms with Crippen molar-refractivity contribution in [3.05, 3.63) is 58.2 Å². The topological polar surface area (TPSA) is 71.5 Å². The SMILES string of the molecule is COC(=O)CC(NC(=O)C1CCN(c2ncc(C(F)(F)F)cc2Cl)CC1)c1ccc(C)cc1. The van der Waals surface area contributed by atoms with E-state index in [-0.39, 0.29) is 29.1 Å². The summed E-state index contributed by atoms with van der Waals surface area (Å²) in [6.45, 7) is 2.79. The van der Waals surface area contributed by atoms with Gasteiger partial charge < -0.3 is 15.0 Å². The summed E-state index contributed by atoms with van der Waals surface area (Å²) in [6.07, 6.45) is -2.79. The molecular formula is C23H25ClF3N3O3. The lowest BCUT2D eigenvalue weighted by Gasteiger charge is -2.33. The number of benzene rings is 1. The molecule has 0 spiro atoms. The molecule has 1 fully saturated rings. The van der Waals surface area contributed by atoms with Gasteiger partial charge in [0, 0.05) is 25.2 Å². The number of nitrogens with one attached hydrogen (secondary N) is 1. The maximum absolute atomic E-state index is 12.9. The molecule has 1 aromatic heterocycles. The Balaban J connectivity index is 1.64. The zero-order valence-corrected chi connectivity index (χ0v) is 19.0. The Morgan fingerprint density at radius 3 is 2.42 bits per heavy atom. The average Bonchev–Trinajstić information content (AvgIpc) is 2.78. The number of piperidine rings is 1. The zero-order valence-electron chi connectivity index (χ0n) is 18.3. The molecule has 0 radical (unpaired) electrons. The number of hydrogen-bond acceptors (Lipinski definition) is 5. The summed E-state index contributed by atoms with van der Waals surface area (Å²) in [6, 6.07) is 7.89. The first kappa shape index (κ1) is 24.8. The minimum atomic E-state index is -4.52. The number of pyridine rings is 1. The molecule has 2 aromatic rings. The molecular weight excluding hydrogens is 459 g/mol. The van der Waals surface area contributed by atoms with Crippen LogP contribution in [0.2, 0.25) is 5.02 Å². The van der Waals surface area contributed by atoms with Crippen molar-refractivity contribution in [1.82, 2.24) is 10.3 Å². The van der Waals surface area contributed by atoms with Crippen LogP contribution in [0.25, 0.3) is 0 Å². The largest absolute Gasteiger partial charge is 0.469 e. The smallest absolute Gasteiger partial charge is 0.417 e. The number of alkyl halides is 3. The third kappa shape index (κ3) is 6.37. The maximum atomic E-state index is 12.9. The summed E-state index contributed by atoms with van der Waals surface area (Å²) in [5, 5.41) is 2.87. The highest BCUT2D eigenvalue weighted by atomic mass is 35.5. The number of halogens is 4. The van der Waals surface area contributed by atoms with Gasteiger partial charge in [-0.3, -0.25) is 9.59 Å². The minimum absolute atomic E-state index is 0.00915. The van der Waals surface area contributed by atoms with Gasteiger partial charge in [-0.25, -0.2) is 4.98 Å². The fourth-order valence-corrected chi connectivity index (χ4v) is 4.05. The van der Waals surface area contributed by atoms with Crippen LogP contribution in [-0.2, 0) is 20.5 Å². The van der Waals surface area contributed by atoms with E-state index in [1.54, 1.807) is 4.90 Å². The lowest BCUT2D eigenvalue weighted by Crippen LogP contribution is -2.42. The number of carbonyl (C=O) groups excluding carboxylic acids is 2. The summed E-state index contributed by atoms with van der Waals surface area (Å²) in [4.78, 5) is 30.5. The number of nitrogens with zero attached hydrogens (tertiary/aromatic N) is 2. The Bertz CT molecular complexity index is 991. The van der Waals surface area contributed by atoms with Gasteiger partial charge in [-0.05, 0) is 31.4 Å². The van der Waals surface area contributed by atoms with Crippen LogP contribution in [0.15, 0.2) is 36.5 Å². The van der Waals surface area contributed by atoms with Gasteiger partial charge in [0.15, 0.2) is 0 Å². The van der Waals surface area contributed by atoms with Crippen LogP contribution in [0.1, 0.15) is 42.0 Å². The third-order valence-corrected chi connectivity index (χ3v) is 5.99. The van der Waals surface area contributed by atoms with Crippen molar-refractivity contribution in [2.24, 2.45) is 5.92 Å². The van der Waals surface area contributed by atoms with Gasteiger partial charge >= 0.3 is 12.1 Å². The molecule has 1 aromatic carbocycles. The van der Waals surface area contributed by atoms with Gasteiger partial charge in [0.2, 0.25) is 5.91 Å². The number of methoxy groups -OCH3 is 1. The lowest BCUT2D eigenvalue weighted by atomic mass is 9.94. The Hall–Kier alpha value is -2.81. The highest BCUT2D eigenvalue weighted by Gasteiger charge is 2.33. The zero-order chi connectivity index (χ0) is 24.2. The van der Waals surface area contributed by atoms with Crippen molar-refractivity contribution in [2.75, 3.05) is 25.1 Å². The van der Waals surface area contributed by atoms with Crippen LogP contribution >= 0.6 is 11.6 Å². The second-order valence-corrected chi connectivity index (χ2v) is 8.45. The van der Waals surface area contributed by atoms with Crippen LogP contribution in [0.5, 0.6) is 0 Å². The van der Waals surface area contributed by atoms with E-state index in [4.69, 9.17) is 16.3 Å². The summed E-state index contributed by atoms with van der Waals surface area (Å²) >= 11 is 6.05. The van der Waals surface area contributed by atoms with Gasteiger partial charge in [-0.2, -0.15) is 13.2 Å². The summed E-state index contributed by atoms with van der Waals surface area (Å²) in [5.74, 6) is -0.652. The van der Waals surface area contributed by atoms with Crippen LogP contribution < -0.4 is 10.2 Å². The highest BCUT2D eigenvalue weighted by Crippen LogP contribution is 2.34. The van der Waals surface area contributed by atoms with Crippen LogP contribution in [0.4, 0.5) is 19.0 Å². The van der Waals surface area contributed by atoms with E-state index in [0.29, 0.717) is 25.9 Å². The van der Waals surface area contributed by atoms with Crippen molar-refractivity contribution >= 4 is 29.3 Å². The molecule has 10 heteroatoms. The Kier molecular flexibility index (Phi) is 7.84. The molecule has 1 atom stereocenters. The van der Waals surface area contributed by atoms with E-state index in [0.717, 1.165) is 23.4 Å². The Morgan fingerprint density at radius 1 is 1.24 bits per heavy atom. The number of carbonyl (C=O) groups is 2. The molecule has 1 unspecified atom stereocenters. The van der Waals surface area contributed by atoms with Crippen molar-refractivity contribution < 1.29 is 27.5 Å². The predicted molar refractivity (Wildman–Crippen MR) is 118 cm³/mol. The number of aryl methyl sites for hydroxylation is 1. The quantitative estimate of drug-likeness (QED) is 0.603. The maximum Gasteiger partial charge on any atom is 0.417 e. The van der Waals surface area contributed by atoms with E-state index in [1.165, 1.54) is 7.11 Å². The second-order valence-electron chi connectivity index (χ2n) is 8.04. The Morgan fingerprint density at radius 2 is 1.88 bits per heavy atom. The van der Waals surface area contributed by atoms with E-state index < -0.39 is 23.8 Å². The van der Waals surface area contributed by atoms with E-state index >= 15 is 0 Å². The molecule has 0 bridgehead atoms. The highest BCUT2D eigenvalue weighted by molar-refractivity contribution is 6.33. The number of anilines is 1. The van der Waals surface area contributed by atoms with Gasteiger partial charge in [0.05, 0.1) is 30.2 Å². The molecule has 6 nitrogen and oxygen atoms in total. The number of aromatic nitrogens is 1. The number of esters is 1. The summed E-state index contributed by atoms with van der Waals surface area (Å²) < 4.78 is 43.3. The van der Waals surface area contributed by atoms with E-state index in [2.05, 4.69) is 10.3 Å². The van der Waals surface area contributed by atoms with Crippen molar-refractivity contribution in [3.63, 3.8) is 0 Å². The molecule has 1 N–H and O–H groups in total. The number of rotatable bonds is 6. The van der Waals surface area contributed by atoms with Crippen molar-refractivity contribution in [2.45, 2.75) is 38.4 Å². The summed E-state index contributed by atoms with van der Waals surface area (Å²) in [5.41, 5.74) is 0.959. The standard InChI is InChI=1S/C23H25ClF3N3O3/c1-14-3-5-15(6-4-14)19(12-20(31)33-2)29-22(32)16-7-9-30(10-8-16)21-18(24)11-17(13-28-21)23(25,26)27/h3-6,11,13,16,19H,7-10,12H2,1-2H3,(H,29,32). The number of ether oxygens (including phenoxy) is 1. The van der Waals surface area contributed by atoms with Crippen molar-refractivity contribution in [3.8, 4) is 0 Å². The normalized spacial score (nSPS) is 15.8. The molecule has 1 aliphatic rings. The number of amides is 1. The predicted octanol–water partition coefficient (Wildman–Crippen LogP) is 4.70. The fourth-order valence-electron chi connectivity index (χ4n) is 3.76.